The Labute approximate surface area is 136 Å². The standard InChI is InChI=1S/C18H23NO4/c1-12-6-7-16(13(2)9-12)23-11-18(21)19-14(3)10-15(20)17-5-4-8-22-17/h4-9,14-15,20H,10-11H2,1-3H3,(H,19,21). The van der Waals surface area contributed by atoms with Crippen LogP contribution < -0.4 is 10.1 Å². The van der Waals surface area contributed by atoms with E-state index >= 15 is 0 Å². The Kier molecular flexibility index (Phi) is 5.82. The highest BCUT2D eigenvalue weighted by molar-refractivity contribution is 5.77. The van der Waals surface area contributed by atoms with Crippen molar-refractivity contribution < 1.29 is 19.1 Å². The fourth-order valence-corrected chi connectivity index (χ4v) is 2.41. The lowest BCUT2D eigenvalue weighted by Gasteiger charge is -2.17. The predicted molar refractivity (Wildman–Crippen MR) is 87.3 cm³/mol. The molecule has 0 saturated carbocycles. The smallest absolute Gasteiger partial charge is 0.258 e. The number of amides is 1. The van der Waals surface area contributed by atoms with Crippen molar-refractivity contribution in [2.24, 2.45) is 0 Å². The van der Waals surface area contributed by atoms with Crippen molar-refractivity contribution in [3.63, 3.8) is 0 Å². The monoisotopic (exact) mass is 317 g/mol. The summed E-state index contributed by atoms with van der Waals surface area (Å²) in [5, 5.41) is 12.8. The Morgan fingerprint density at radius 3 is 2.78 bits per heavy atom. The maximum absolute atomic E-state index is 11.9. The second-order valence-electron chi connectivity index (χ2n) is 5.79. The molecule has 2 rings (SSSR count). The molecule has 2 aromatic rings. The summed E-state index contributed by atoms with van der Waals surface area (Å²) in [5.74, 6) is 0.982. The average Bonchev–Trinajstić information content (AvgIpc) is 3.00. The summed E-state index contributed by atoms with van der Waals surface area (Å²) in [6.45, 7) is 5.74. The molecule has 0 aliphatic rings. The fourth-order valence-electron chi connectivity index (χ4n) is 2.41. The van der Waals surface area contributed by atoms with Gasteiger partial charge in [0.15, 0.2) is 6.61 Å². The molecule has 1 heterocycles. The Balaban J connectivity index is 1.77. The molecule has 0 aliphatic carbocycles. The van der Waals surface area contributed by atoms with E-state index in [1.807, 2.05) is 39.0 Å². The van der Waals surface area contributed by atoms with Crippen molar-refractivity contribution in [1.29, 1.82) is 0 Å². The van der Waals surface area contributed by atoms with Gasteiger partial charge < -0.3 is 19.6 Å². The molecule has 23 heavy (non-hydrogen) atoms. The highest BCUT2D eigenvalue weighted by Crippen LogP contribution is 2.19. The lowest BCUT2D eigenvalue weighted by atomic mass is 10.1. The first-order chi connectivity index (χ1) is 11.0. The summed E-state index contributed by atoms with van der Waals surface area (Å²) < 4.78 is 10.7. The van der Waals surface area contributed by atoms with Crippen LogP contribution in [0.15, 0.2) is 41.0 Å². The Morgan fingerprint density at radius 1 is 1.35 bits per heavy atom. The van der Waals surface area contributed by atoms with Gasteiger partial charge in [-0.05, 0) is 44.5 Å². The highest BCUT2D eigenvalue weighted by atomic mass is 16.5. The number of furan rings is 1. The van der Waals surface area contributed by atoms with E-state index in [2.05, 4.69) is 5.32 Å². The number of rotatable bonds is 7. The predicted octanol–water partition coefficient (Wildman–Crippen LogP) is 2.90. The van der Waals surface area contributed by atoms with Gasteiger partial charge in [0.05, 0.1) is 6.26 Å². The van der Waals surface area contributed by atoms with Crippen LogP contribution in [0.1, 0.15) is 36.3 Å². The van der Waals surface area contributed by atoms with Crippen molar-refractivity contribution in [3.8, 4) is 5.75 Å². The van der Waals surface area contributed by atoms with E-state index in [0.717, 1.165) is 11.1 Å². The maximum atomic E-state index is 11.9. The van der Waals surface area contributed by atoms with Crippen molar-refractivity contribution >= 4 is 5.91 Å². The van der Waals surface area contributed by atoms with E-state index in [-0.39, 0.29) is 18.6 Å². The van der Waals surface area contributed by atoms with Gasteiger partial charge in [-0.3, -0.25) is 4.79 Å². The van der Waals surface area contributed by atoms with E-state index < -0.39 is 6.10 Å². The number of hydrogen-bond acceptors (Lipinski definition) is 4. The van der Waals surface area contributed by atoms with Gasteiger partial charge in [0, 0.05) is 12.5 Å². The van der Waals surface area contributed by atoms with Gasteiger partial charge in [-0.25, -0.2) is 0 Å². The van der Waals surface area contributed by atoms with E-state index in [4.69, 9.17) is 9.15 Å². The summed E-state index contributed by atoms with van der Waals surface area (Å²) in [5.41, 5.74) is 2.15. The molecular formula is C18H23NO4. The van der Waals surface area contributed by atoms with Crippen LogP contribution >= 0.6 is 0 Å². The molecular weight excluding hydrogens is 294 g/mol. The zero-order valence-corrected chi connectivity index (χ0v) is 13.7. The number of carbonyl (C=O) groups is 1. The molecule has 0 saturated heterocycles. The fraction of sp³-hybridized carbons (Fsp3) is 0.389. The topological polar surface area (TPSA) is 71.7 Å². The molecule has 0 bridgehead atoms. The molecule has 0 fully saturated rings. The van der Waals surface area contributed by atoms with Gasteiger partial charge >= 0.3 is 0 Å². The Bertz CT molecular complexity index is 636. The Hall–Kier alpha value is -2.27. The number of benzene rings is 1. The summed E-state index contributed by atoms with van der Waals surface area (Å²) in [6.07, 6.45) is 1.16. The van der Waals surface area contributed by atoms with Crippen molar-refractivity contribution in [2.75, 3.05) is 6.61 Å². The molecule has 0 spiro atoms. The molecule has 0 radical (unpaired) electrons. The number of aliphatic hydroxyl groups excluding tert-OH is 1. The molecule has 2 atom stereocenters. The lowest BCUT2D eigenvalue weighted by molar-refractivity contribution is -0.123. The van der Waals surface area contributed by atoms with Gasteiger partial charge in [0.2, 0.25) is 0 Å². The normalized spacial score (nSPS) is 13.4. The van der Waals surface area contributed by atoms with E-state index in [1.54, 1.807) is 12.1 Å². The molecule has 1 aromatic heterocycles. The van der Waals surface area contributed by atoms with Gasteiger partial charge in [0.1, 0.15) is 17.6 Å². The second-order valence-corrected chi connectivity index (χ2v) is 5.79. The molecule has 124 valence electrons. The van der Waals surface area contributed by atoms with Gasteiger partial charge in [0.25, 0.3) is 5.91 Å². The zero-order valence-electron chi connectivity index (χ0n) is 13.7. The molecule has 2 unspecified atom stereocenters. The van der Waals surface area contributed by atoms with Crippen molar-refractivity contribution in [3.05, 3.63) is 53.5 Å². The molecule has 1 aromatic carbocycles. The van der Waals surface area contributed by atoms with Crippen LogP contribution in [0.5, 0.6) is 5.75 Å². The zero-order chi connectivity index (χ0) is 16.8. The third-order valence-electron chi connectivity index (χ3n) is 3.55. The molecule has 1 amide bonds. The summed E-state index contributed by atoms with van der Waals surface area (Å²) >= 11 is 0. The number of nitrogens with one attached hydrogen (secondary N) is 1. The van der Waals surface area contributed by atoms with E-state index in [0.29, 0.717) is 17.9 Å². The third kappa shape index (κ3) is 5.14. The number of carbonyl (C=O) groups excluding carboxylic acids is 1. The van der Waals surface area contributed by atoms with Crippen LogP contribution in [0.25, 0.3) is 0 Å². The largest absolute Gasteiger partial charge is 0.484 e. The highest BCUT2D eigenvalue weighted by Gasteiger charge is 2.16. The summed E-state index contributed by atoms with van der Waals surface area (Å²) in [6, 6.07) is 9.06. The van der Waals surface area contributed by atoms with Crippen LogP contribution in [-0.2, 0) is 4.79 Å². The summed E-state index contributed by atoms with van der Waals surface area (Å²) in [4.78, 5) is 11.9. The minimum Gasteiger partial charge on any atom is -0.484 e. The molecule has 5 heteroatoms. The molecule has 2 N–H and O–H groups in total. The SMILES string of the molecule is Cc1ccc(OCC(=O)NC(C)CC(O)c2ccco2)c(C)c1. The van der Waals surface area contributed by atoms with Crippen LogP contribution in [0.2, 0.25) is 0 Å². The van der Waals surface area contributed by atoms with Gasteiger partial charge in [-0.1, -0.05) is 17.7 Å². The number of aliphatic hydroxyl groups is 1. The quantitative estimate of drug-likeness (QED) is 0.823. The van der Waals surface area contributed by atoms with Crippen LogP contribution in [0.3, 0.4) is 0 Å². The third-order valence-corrected chi connectivity index (χ3v) is 3.55. The van der Waals surface area contributed by atoms with Crippen molar-refractivity contribution in [2.45, 2.75) is 39.3 Å². The van der Waals surface area contributed by atoms with Crippen molar-refractivity contribution in [1.82, 2.24) is 5.32 Å². The Morgan fingerprint density at radius 2 is 2.13 bits per heavy atom. The van der Waals surface area contributed by atoms with Crippen LogP contribution in [-0.4, -0.2) is 23.7 Å². The molecule has 5 nitrogen and oxygen atoms in total. The second kappa shape index (κ2) is 7.83. The van der Waals surface area contributed by atoms with Gasteiger partial charge in [-0.15, -0.1) is 0 Å². The number of aryl methyl sites for hydroxylation is 2. The van der Waals surface area contributed by atoms with Crippen LogP contribution in [0.4, 0.5) is 0 Å². The van der Waals surface area contributed by atoms with E-state index in [9.17, 15) is 9.90 Å². The van der Waals surface area contributed by atoms with E-state index in [1.165, 1.54) is 6.26 Å². The first-order valence-electron chi connectivity index (χ1n) is 7.66. The first kappa shape index (κ1) is 17.1. The molecule has 0 aliphatic heterocycles. The van der Waals surface area contributed by atoms with Crippen LogP contribution in [0, 0.1) is 13.8 Å². The minimum absolute atomic E-state index is 0.0505. The first-order valence-corrected chi connectivity index (χ1v) is 7.66. The number of hydrogen-bond donors (Lipinski definition) is 2. The minimum atomic E-state index is -0.736. The summed E-state index contributed by atoms with van der Waals surface area (Å²) in [7, 11) is 0. The maximum Gasteiger partial charge on any atom is 0.258 e. The lowest BCUT2D eigenvalue weighted by Crippen LogP contribution is -2.37. The average molecular weight is 317 g/mol. The van der Waals surface area contributed by atoms with Gasteiger partial charge in [-0.2, -0.15) is 0 Å². The number of ether oxygens (including phenoxy) is 1.